The maximum absolute atomic E-state index is 14.5. The van der Waals surface area contributed by atoms with Crippen molar-refractivity contribution in [2.75, 3.05) is 27.3 Å². The Morgan fingerprint density at radius 1 is 1.10 bits per heavy atom. The summed E-state index contributed by atoms with van der Waals surface area (Å²) in [4.78, 5) is 12.1. The van der Waals surface area contributed by atoms with Gasteiger partial charge in [-0.2, -0.15) is 0 Å². The molecule has 0 unspecified atom stereocenters. The van der Waals surface area contributed by atoms with Crippen LogP contribution < -0.4 is 14.8 Å². The molecule has 0 aliphatic heterocycles. The number of pyridine rings is 2. The van der Waals surface area contributed by atoms with Gasteiger partial charge in [0.25, 0.3) is 0 Å². The molecule has 0 amide bonds. The van der Waals surface area contributed by atoms with Crippen molar-refractivity contribution in [1.82, 2.24) is 20.3 Å². The molecule has 0 spiro atoms. The minimum Gasteiger partial charge on any atom is -0.493 e. The second-order valence-corrected chi connectivity index (χ2v) is 6.42. The van der Waals surface area contributed by atoms with Gasteiger partial charge in [-0.15, -0.1) is 0 Å². The van der Waals surface area contributed by atoms with Gasteiger partial charge < -0.3 is 19.8 Å². The van der Waals surface area contributed by atoms with E-state index in [1.165, 1.54) is 13.2 Å². The summed E-state index contributed by atoms with van der Waals surface area (Å²) in [5.74, 6) is 0.374. The first kappa shape index (κ1) is 18.9. The predicted octanol–water partition coefficient (Wildman–Crippen LogP) is 4.04. The Kier molecular flexibility index (Phi) is 5.39. The predicted molar refractivity (Wildman–Crippen MR) is 111 cm³/mol. The maximum Gasteiger partial charge on any atom is 0.165 e. The molecular weight excluding hydrogens is 371 g/mol. The van der Waals surface area contributed by atoms with E-state index in [-0.39, 0.29) is 5.75 Å². The van der Waals surface area contributed by atoms with Crippen molar-refractivity contribution >= 4 is 11.0 Å². The molecule has 3 heterocycles. The molecular formula is C22H21FN4O2. The SMILES string of the molecule is CNCCOc1cnccc1-c1[nH]c2cccnc2c1-c1cccc(F)c1OC. The van der Waals surface area contributed by atoms with Crippen molar-refractivity contribution in [1.29, 1.82) is 0 Å². The second-order valence-electron chi connectivity index (χ2n) is 6.42. The van der Waals surface area contributed by atoms with Gasteiger partial charge in [0.05, 0.1) is 30.0 Å². The molecule has 4 aromatic rings. The summed E-state index contributed by atoms with van der Waals surface area (Å²) in [6, 6.07) is 10.5. The lowest BCUT2D eigenvalue weighted by Gasteiger charge is -2.13. The molecule has 0 bridgehead atoms. The van der Waals surface area contributed by atoms with Crippen molar-refractivity contribution in [3.05, 3.63) is 60.8 Å². The highest BCUT2D eigenvalue weighted by Gasteiger charge is 2.22. The van der Waals surface area contributed by atoms with Gasteiger partial charge in [0.2, 0.25) is 0 Å². The topological polar surface area (TPSA) is 72.1 Å². The molecule has 7 heteroatoms. The summed E-state index contributed by atoms with van der Waals surface area (Å²) in [6.07, 6.45) is 5.09. The van der Waals surface area contributed by atoms with E-state index >= 15 is 0 Å². The number of benzene rings is 1. The zero-order valence-electron chi connectivity index (χ0n) is 16.2. The number of ether oxygens (including phenoxy) is 2. The molecule has 6 nitrogen and oxygen atoms in total. The minimum atomic E-state index is -0.429. The van der Waals surface area contributed by atoms with Crippen molar-refractivity contribution < 1.29 is 13.9 Å². The monoisotopic (exact) mass is 392 g/mol. The van der Waals surface area contributed by atoms with Gasteiger partial charge in [0.15, 0.2) is 11.6 Å². The van der Waals surface area contributed by atoms with Crippen LogP contribution in [0, 0.1) is 5.82 Å². The highest BCUT2D eigenvalue weighted by Crippen LogP contribution is 2.44. The fourth-order valence-electron chi connectivity index (χ4n) is 3.36. The Labute approximate surface area is 167 Å². The molecule has 3 aromatic heterocycles. The lowest BCUT2D eigenvalue weighted by atomic mass is 9.99. The van der Waals surface area contributed by atoms with Crippen LogP contribution >= 0.6 is 0 Å². The number of nitrogens with zero attached hydrogens (tertiary/aromatic N) is 2. The van der Waals surface area contributed by atoms with Gasteiger partial charge >= 0.3 is 0 Å². The summed E-state index contributed by atoms with van der Waals surface area (Å²) in [7, 11) is 3.33. The first-order chi connectivity index (χ1) is 14.2. The number of fused-ring (bicyclic) bond motifs is 1. The molecule has 0 saturated carbocycles. The normalized spacial score (nSPS) is 11.0. The third kappa shape index (κ3) is 3.52. The summed E-state index contributed by atoms with van der Waals surface area (Å²) >= 11 is 0. The first-order valence-corrected chi connectivity index (χ1v) is 9.26. The van der Waals surface area contributed by atoms with Crippen LogP contribution in [-0.2, 0) is 0 Å². The number of para-hydroxylation sites is 1. The van der Waals surface area contributed by atoms with E-state index in [1.807, 2.05) is 31.3 Å². The third-order valence-electron chi connectivity index (χ3n) is 4.66. The van der Waals surface area contributed by atoms with Gasteiger partial charge in [0.1, 0.15) is 12.4 Å². The number of hydrogen-bond donors (Lipinski definition) is 2. The molecule has 29 heavy (non-hydrogen) atoms. The number of likely N-dealkylation sites (N-methyl/N-ethyl adjacent to an activating group) is 1. The molecule has 1 aromatic carbocycles. The molecule has 0 atom stereocenters. The molecule has 0 fully saturated rings. The molecule has 0 aliphatic carbocycles. The van der Waals surface area contributed by atoms with Gasteiger partial charge in [0, 0.05) is 35.6 Å². The number of halogens is 1. The van der Waals surface area contributed by atoms with E-state index in [2.05, 4.69) is 20.3 Å². The van der Waals surface area contributed by atoms with Crippen molar-refractivity contribution in [3.8, 4) is 33.9 Å². The van der Waals surface area contributed by atoms with Crippen LogP contribution in [0.5, 0.6) is 11.5 Å². The highest BCUT2D eigenvalue weighted by molar-refractivity contribution is 6.03. The average Bonchev–Trinajstić information content (AvgIpc) is 3.13. The summed E-state index contributed by atoms with van der Waals surface area (Å²) < 4.78 is 25.8. The lowest BCUT2D eigenvalue weighted by molar-refractivity contribution is 0.318. The number of methoxy groups -OCH3 is 1. The maximum atomic E-state index is 14.5. The van der Waals surface area contributed by atoms with Crippen LogP contribution in [0.15, 0.2) is 55.0 Å². The zero-order valence-corrected chi connectivity index (χ0v) is 16.2. The summed E-state index contributed by atoms with van der Waals surface area (Å²) in [5.41, 5.74) is 4.51. The van der Waals surface area contributed by atoms with Crippen LogP contribution in [0.2, 0.25) is 0 Å². The van der Waals surface area contributed by atoms with E-state index in [1.54, 1.807) is 24.7 Å². The van der Waals surface area contributed by atoms with E-state index in [9.17, 15) is 4.39 Å². The number of hydrogen-bond acceptors (Lipinski definition) is 5. The molecule has 4 rings (SSSR count). The molecule has 0 aliphatic rings. The Morgan fingerprint density at radius 3 is 2.83 bits per heavy atom. The number of aromatic nitrogens is 3. The smallest absolute Gasteiger partial charge is 0.165 e. The van der Waals surface area contributed by atoms with Crippen LogP contribution in [-0.4, -0.2) is 42.3 Å². The largest absolute Gasteiger partial charge is 0.493 e. The highest BCUT2D eigenvalue weighted by atomic mass is 19.1. The van der Waals surface area contributed by atoms with Crippen molar-refractivity contribution in [2.45, 2.75) is 0 Å². The zero-order chi connectivity index (χ0) is 20.2. The van der Waals surface area contributed by atoms with Crippen LogP contribution in [0.1, 0.15) is 0 Å². The average molecular weight is 392 g/mol. The van der Waals surface area contributed by atoms with Crippen LogP contribution in [0.25, 0.3) is 33.4 Å². The number of nitrogens with one attached hydrogen (secondary N) is 2. The third-order valence-corrected chi connectivity index (χ3v) is 4.66. The first-order valence-electron chi connectivity index (χ1n) is 9.26. The van der Waals surface area contributed by atoms with Gasteiger partial charge in [-0.05, 0) is 31.3 Å². The summed E-state index contributed by atoms with van der Waals surface area (Å²) in [6.45, 7) is 1.19. The quantitative estimate of drug-likeness (QED) is 0.465. The Balaban J connectivity index is 1.97. The molecule has 148 valence electrons. The Hall–Kier alpha value is -3.45. The standard InChI is InChI=1S/C22H21FN4O2/c1-24-11-12-29-18-13-25-10-8-14(18)20-19(21-17(27-20)7-4-9-26-21)15-5-3-6-16(23)22(15)28-2/h3-10,13,24,27H,11-12H2,1-2H3. The molecule has 0 saturated heterocycles. The van der Waals surface area contributed by atoms with Crippen molar-refractivity contribution in [2.24, 2.45) is 0 Å². The molecule has 0 radical (unpaired) electrons. The van der Waals surface area contributed by atoms with E-state index in [4.69, 9.17) is 9.47 Å². The van der Waals surface area contributed by atoms with Gasteiger partial charge in [-0.25, -0.2) is 4.39 Å². The van der Waals surface area contributed by atoms with Gasteiger partial charge in [-0.1, -0.05) is 12.1 Å². The Morgan fingerprint density at radius 2 is 2.00 bits per heavy atom. The Bertz CT molecular complexity index is 1140. The fourth-order valence-corrected chi connectivity index (χ4v) is 3.36. The summed E-state index contributed by atoms with van der Waals surface area (Å²) in [5, 5.41) is 3.06. The minimum absolute atomic E-state index is 0.173. The number of aromatic amines is 1. The van der Waals surface area contributed by atoms with Crippen LogP contribution in [0.3, 0.4) is 0 Å². The second kappa shape index (κ2) is 8.28. The van der Waals surface area contributed by atoms with E-state index < -0.39 is 5.82 Å². The lowest BCUT2D eigenvalue weighted by Crippen LogP contribution is -2.16. The van der Waals surface area contributed by atoms with Crippen LogP contribution in [0.4, 0.5) is 4.39 Å². The fraction of sp³-hybridized carbons (Fsp3) is 0.182. The van der Waals surface area contributed by atoms with Gasteiger partial charge in [-0.3, -0.25) is 9.97 Å². The van der Waals surface area contributed by atoms with E-state index in [0.717, 1.165) is 27.9 Å². The van der Waals surface area contributed by atoms with E-state index in [0.29, 0.717) is 24.5 Å². The van der Waals surface area contributed by atoms with Crippen molar-refractivity contribution in [3.63, 3.8) is 0 Å². The number of rotatable bonds is 7. The molecule has 2 N–H and O–H groups in total. The number of H-pyrrole nitrogens is 1.